The number of aromatic nitrogens is 2. The number of carbonyl (C=O) groups excluding carboxylic acids is 1. The van der Waals surface area contributed by atoms with Gasteiger partial charge in [-0.3, -0.25) is 9.48 Å². The summed E-state index contributed by atoms with van der Waals surface area (Å²) in [5, 5.41) is 4.11. The van der Waals surface area contributed by atoms with Gasteiger partial charge in [0.1, 0.15) is 5.69 Å². The molecule has 0 atom stereocenters. The van der Waals surface area contributed by atoms with Gasteiger partial charge < -0.3 is 4.42 Å². The van der Waals surface area contributed by atoms with Gasteiger partial charge in [-0.15, -0.1) is 0 Å². The largest absolute Gasteiger partial charge is 0.460 e. The number of furan rings is 1. The van der Waals surface area contributed by atoms with Crippen LogP contribution < -0.4 is 0 Å². The lowest BCUT2D eigenvalue weighted by Gasteiger charge is -1.98. The first-order valence-electron chi connectivity index (χ1n) is 4.38. The number of hydrogen-bond donors (Lipinski definition) is 0. The molecule has 0 aliphatic heterocycles. The summed E-state index contributed by atoms with van der Waals surface area (Å²) in [4.78, 5) is 12.0. The highest BCUT2D eigenvalue weighted by Crippen LogP contribution is 2.21. The summed E-state index contributed by atoms with van der Waals surface area (Å²) in [6, 6.07) is 3.42. The molecule has 0 aliphatic rings. The quantitative estimate of drug-likeness (QED) is 0.786. The van der Waals surface area contributed by atoms with E-state index in [0.717, 1.165) is 5.69 Å². The summed E-state index contributed by atoms with van der Waals surface area (Å²) in [6.45, 7) is 1.84. The summed E-state index contributed by atoms with van der Waals surface area (Å²) in [7, 11) is 1.73. The van der Waals surface area contributed by atoms with E-state index in [1.54, 1.807) is 23.9 Å². The first-order chi connectivity index (χ1) is 7.09. The number of hydrogen-bond acceptors (Lipinski definition) is 3. The Morgan fingerprint density at radius 1 is 1.60 bits per heavy atom. The van der Waals surface area contributed by atoms with Gasteiger partial charge in [-0.25, -0.2) is 0 Å². The van der Waals surface area contributed by atoms with Crippen molar-refractivity contribution in [3.63, 3.8) is 0 Å². The van der Waals surface area contributed by atoms with E-state index < -0.39 is 0 Å². The fourth-order valence-corrected chi connectivity index (χ4v) is 1.78. The van der Waals surface area contributed by atoms with Gasteiger partial charge in [0.25, 0.3) is 0 Å². The molecule has 0 amide bonds. The minimum atomic E-state index is -0.171. The molecule has 2 rings (SSSR count). The molecular formula is C10H9BrN2O2. The molecule has 0 aliphatic carbocycles. The van der Waals surface area contributed by atoms with E-state index in [-0.39, 0.29) is 5.78 Å². The highest BCUT2D eigenvalue weighted by atomic mass is 79.9. The van der Waals surface area contributed by atoms with Gasteiger partial charge in [0.2, 0.25) is 5.78 Å². The highest BCUT2D eigenvalue weighted by molar-refractivity contribution is 9.10. The molecule has 2 aromatic heterocycles. The zero-order valence-corrected chi connectivity index (χ0v) is 9.91. The molecule has 4 nitrogen and oxygen atoms in total. The van der Waals surface area contributed by atoms with E-state index in [1.165, 1.54) is 6.26 Å². The first kappa shape index (κ1) is 10.2. The lowest BCUT2D eigenvalue weighted by molar-refractivity contribution is 0.0999. The van der Waals surface area contributed by atoms with Crippen molar-refractivity contribution in [1.82, 2.24) is 9.78 Å². The lowest BCUT2D eigenvalue weighted by Crippen LogP contribution is -2.07. The van der Waals surface area contributed by atoms with Gasteiger partial charge in [-0.2, -0.15) is 5.10 Å². The standard InChI is InChI=1S/C10H9BrN2O2/c1-6-5-8(13(2)12-6)9(14)10-7(11)3-4-15-10/h3-5H,1-2H3. The van der Waals surface area contributed by atoms with Gasteiger partial charge in [-0.05, 0) is 35.0 Å². The molecular weight excluding hydrogens is 260 g/mol. The minimum absolute atomic E-state index is 0.171. The van der Waals surface area contributed by atoms with Crippen molar-refractivity contribution in [2.45, 2.75) is 6.92 Å². The second kappa shape index (κ2) is 3.66. The maximum atomic E-state index is 12.0. The second-order valence-electron chi connectivity index (χ2n) is 3.22. The van der Waals surface area contributed by atoms with E-state index in [0.29, 0.717) is 15.9 Å². The Labute approximate surface area is 95.0 Å². The monoisotopic (exact) mass is 268 g/mol. The molecule has 2 heterocycles. The molecule has 2 aromatic rings. The third kappa shape index (κ3) is 1.74. The van der Waals surface area contributed by atoms with E-state index in [4.69, 9.17) is 4.42 Å². The molecule has 0 radical (unpaired) electrons. The molecule has 0 unspecified atom stereocenters. The molecule has 15 heavy (non-hydrogen) atoms. The Morgan fingerprint density at radius 2 is 2.33 bits per heavy atom. The fourth-order valence-electron chi connectivity index (χ4n) is 1.40. The number of rotatable bonds is 2. The number of aryl methyl sites for hydroxylation is 2. The van der Waals surface area contributed by atoms with Crippen molar-refractivity contribution in [3.05, 3.63) is 40.0 Å². The van der Waals surface area contributed by atoms with Crippen LogP contribution >= 0.6 is 15.9 Å². The Morgan fingerprint density at radius 3 is 2.80 bits per heavy atom. The Kier molecular flexibility index (Phi) is 2.48. The molecule has 0 aromatic carbocycles. The molecule has 0 spiro atoms. The molecule has 5 heteroatoms. The molecule has 0 N–H and O–H groups in total. The number of ketones is 1. The van der Waals surface area contributed by atoms with Crippen molar-refractivity contribution in [3.8, 4) is 0 Å². The van der Waals surface area contributed by atoms with Crippen molar-refractivity contribution in [2.75, 3.05) is 0 Å². The summed E-state index contributed by atoms with van der Waals surface area (Å²) >= 11 is 3.25. The molecule has 78 valence electrons. The smallest absolute Gasteiger partial charge is 0.247 e. The van der Waals surface area contributed by atoms with E-state index in [9.17, 15) is 4.79 Å². The topological polar surface area (TPSA) is 48.0 Å². The third-order valence-electron chi connectivity index (χ3n) is 2.06. The maximum Gasteiger partial charge on any atom is 0.247 e. The van der Waals surface area contributed by atoms with Crippen molar-refractivity contribution < 1.29 is 9.21 Å². The van der Waals surface area contributed by atoms with Crippen LogP contribution in [0.5, 0.6) is 0 Å². The summed E-state index contributed by atoms with van der Waals surface area (Å²) < 4.78 is 7.31. The van der Waals surface area contributed by atoms with Crippen LogP contribution in [0.3, 0.4) is 0 Å². The van der Waals surface area contributed by atoms with Crippen LogP contribution in [0.15, 0.2) is 27.3 Å². The van der Waals surface area contributed by atoms with Crippen molar-refractivity contribution in [1.29, 1.82) is 0 Å². The Balaban J connectivity index is 2.45. The second-order valence-corrected chi connectivity index (χ2v) is 4.08. The van der Waals surface area contributed by atoms with Gasteiger partial charge in [0.05, 0.1) is 16.4 Å². The average Bonchev–Trinajstić information content (AvgIpc) is 2.71. The van der Waals surface area contributed by atoms with Gasteiger partial charge in [0.15, 0.2) is 5.76 Å². The van der Waals surface area contributed by atoms with E-state index >= 15 is 0 Å². The molecule has 0 bridgehead atoms. The van der Waals surface area contributed by atoms with E-state index in [1.807, 2.05) is 6.92 Å². The van der Waals surface area contributed by atoms with Gasteiger partial charge in [-0.1, -0.05) is 0 Å². The number of halogens is 1. The zero-order chi connectivity index (χ0) is 11.0. The summed E-state index contributed by atoms with van der Waals surface area (Å²) in [6.07, 6.45) is 1.47. The van der Waals surface area contributed by atoms with Gasteiger partial charge >= 0.3 is 0 Å². The van der Waals surface area contributed by atoms with Crippen molar-refractivity contribution >= 4 is 21.7 Å². The molecule has 0 saturated carbocycles. The SMILES string of the molecule is Cc1cc(C(=O)c2occc2Br)n(C)n1. The Hall–Kier alpha value is -1.36. The minimum Gasteiger partial charge on any atom is -0.460 e. The predicted octanol–water partition coefficient (Wildman–Crippen LogP) is 2.32. The molecule has 0 saturated heterocycles. The number of carbonyl (C=O) groups is 1. The van der Waals surface area contributed by atoms with E-state index in [2.05, 4.69) is 21.0 Å². The van der Waals surface area contributed by atoms with Crippen LogP contribution in [-0.4, -0.2) is 15.6 Å². The Bertz CT molecular complexity index is 513. The first-order valence-corrected chi connectivity index (χ1v) is 5.17. The van der Waals surface area contributed by atoms with Crippen LogP contribution in [0.2, 0.25) is 0 Å². The van der Waals surface area contributed by atoms with Crippen LogP contribution in [0.1, 0.15) is 21.9 Å². The van der Waals surface area contributed by atoms with Crippen LogP contribution in [0, 0.1) is 6.92 Å². The van der Waals surface area contributed by atoms with Crippen LogP contribution in [0.4, 0.5) is 0 Å². The number of nitrogens with zero attached hydrogens (tertiary/aromatic N) is 2. The summed E-state index contributed by atoms with van der Waals surface area (Å²) in [5.74, 6) is 0.132. The molecule has 0 fully saturated rings. The van der Waals surface area contributed by atoms with Crippen LogP contribution in [0.25, 0.3) is 0 Å². The fraction of sp³-hybridized carbons (Fsp3) is 0.200. The normalized spacial score (nSPS) is 10.6. The van der Waals surface area contributed by atoms with Crippen molar-refractivity contribution in [2.24, 2.45) is 7.05 Å². The zero-order valence-electron chi connectivity index (χ0n) is 8.32. The van der Waals surface area contributed by atoms with Crippen LogP contribution in [-0.2, 0) is 7.05 Å². The lowest BCUT2D eigenvalue weighted by atomic mass is 10.2. The maximum absolute atomic E-state index is 12.0. The predicted molar refractivity (Wildman–Crippen MR) is 57.8 cm³/mol. The highest BCUT2D eigenvalue weighted by Gasteiger charge is 2.19. The average molecular weight is 269 g/mol. The summed E-state index contributed by atoms with van der Waals surface area (Å²) in [5.41, 5.74) is 1.33. The third-order valence-corrected chi connectivity index (χ3v) is 2.68. The van der Waals surface area contributed by atoms with Gasteiger partial charge in [0, 0.05) is 7.05 Å².